The van der Waals surface area contributed by atoms with Crippen LogP contribution in [0.5, 0.6) is 0 Å². The van der Waals surface area contributed by atoms with Gasteiger partial charge in [-0.3, -0.25) is 0 Å². The van der Waals surface area contributed by atoms with Crippen LogP contribution < -0.4 is 5.32 Å². The lowest BCUT2D eigenvalue weighted by molar-refractivity contribution is 0.625. The van der Waals surface area contributed by atoms with E-state index in [1.807, 2.05) is 11.4 Å². The van der Waals surface area contributed by atoms with Gasteiger partial charge in [0.25, 0.3) is 0 Å². The minimum atomic E-state index is -0.950. The van der Waals surface area contributed by atoms with Crippen molar-refractivity contribution in [1.82, 2.24) is 0 Å². The normalized spacial score (nSPS) is 22.0. The first kappa shape index (κ1) is 10.7. The number of alkyl halides is 1. The molecule has 2 heterocycles. The lowest BCUT2D eigenvalue weighted by atomic mass is 9.99. The number of hydrogen-bond acceptors (Lipinski definition) is 3. The van der Waals surface area contributed by atoms with Crippen molar-refractivity contribution in [3.63, 3.8) is 0 Å². The van der Waals surface area contributed by atoms with Crippen LogP contribution in [0.2, 0.25) is 0 Å². The molecule has 3 rings (SSSR count). The third-order valence-electron chi connectivity index (χ3n) is 2.69. The van der Waals surface area contributed by atoms with E-state index in [0.29, 0.717) is 0 Å². The van der Waals surface area contributed by atoms with Crippen LogP contribution in [0.3, 0.4) is 0 Å². The van der Waals surface area contributed by atoms with E-state index in [2.05, 4.69) is 10.3 Å². The highest BCUT2D eigenvalue weighted by atomic mass is 35.5. The van der Waals surface area contributed by atoms with Crippen LogP contribution in [0.4, 0.5) is 9.39 Å². The van der Waals surface area contributed by atoms with Crippen LogP contribution in [-0.2, 0) is 5.00 Å². The minimum Gasteiger partial charge on any atom is -0.338 e. The van der Waals surface area contributed by atoms with Crippen LogP contribution in [0.25, 0.3) is 0 Å². The molecule has 1 aliphatic rings. The summed E-state index contributed by atoms with van der Waals surface area (Å²) in [5, 5.41) is 5.97. The fraction of sp³-hybridized carbons (Fsp3) is 0.0833. The molecule has 0 saturated heterocycles. The van der Waals surface area contributed by atoms with Gasteiger partial charge in [-0.05, 0) is 29.1 Å². The highest BCUT2D eigenvalue weighted by Gasteiger charge is 2.35. The first-order chi connectivity index (χ1) is 8.20. The van der Waals surface area contributed by atoms with Crippen LogP contribution >= 0.6 is 22.9 Å². The Morgan fingerprint density at radius 3 is 2.76 bits per heavy atom. The highest BCUT2D eigenvalue weighted by molar-refractivity contribution is 7.14. The molecule has 0 spiro atoms. The molecule has 5 heteroatoms. The largest absolute Gasteiger partial charge is 0.338 e. The van der Waals surface area contributed by atoms with Gasteiger partial charge in [-0.2, -0.15) is 0 Å². The summed E-state index contributed by atoms with van der Waals surface area (Å²) in [6, 6.07) is 8.03. The van der Waals surface area contributed by atoms with Gasteiger partial charge >= 0.3 is 0 Å². The first-order valence-corrected chi connectivity index (χ1v) is 6.29. The van der Waals surface area contributed by atoms with Gasteiger partial charge in [-0.25, -0.2) is 9.38 Å². The predicted octanol–water partition coefficient (Wildman–Crippen LogP) is 3.78. The Kier molecular flexibility index (Phi) is 2.42. The molecule has 0 fully saturated rings. The van der Waals surface area contributed by atoms with E-state index in [1.165, 1.54) is 12.1 Å². The van der Waals surface area contributed by atoms with Crippen LogP contribution in [0.1, 0.15) is 11.1 Å². The summed E-state index contributed by atoms with van der Waals surface area (Å²) < 4.78 is 12.9. The fourth-order valence-electron chi connectivity index (χ4n) is 1.83. The number of nitrogens with zero attached hydrogens (tertiary/aromatic N) is 1. The van der Waals surface area contributed by atoms with E-state index in [1.54, 1.807) is 29.8 Å². The third-order valence-corrected chi connectivity index (χ3v) is 4.05. The summed E-state index contributed by atoms with van der Waals surface area (Å²) >= 11 is 8.14. The zero-order valence-electron chi connectivity index (χ0n) is 8.65. The Labute approximate surface area is 107 Å². The molecule has 0 aliphatic carbocycles. The van der Waals surface area contributed by atoms with Gasteiger partial charge in [0.15, 0.2) is 5.00 Å². The number of benzene rings is 1. The predicted molar refractivity (Wildman–Crippen MR) is 69.5 cm³/mol. The molecule has 17 heavy (non-hydrogen) atoms. The Balaban J connectivity index is 2.15. The molecule has 0 amide bonds. The second-order valence-electron chi connectivity index (χ2n) is 3.69. The third kappa shape index (κ3) is 1.64. The second-order valence-corrected chi connectivity index (χ2v) is 5.16. The van der Waals surface area contributed by atoms with E-state index in [9.17, 15) is 4.39 Å². The van der Waals surface area contributed by atoms with Gasteiger partial charge in [-0.15, -0.1) is 11.3 Å². The van der Waals surface area contributed by atoms with Crippen molar-refractivity contribution in [2.45, 2.75) is 5.00 Å². The molecule has 1 aromatic carbocycles. The number of thiophene rings is 1. The highest BCUT2D eigenvalue weighted by Crippen LogP contribution is 2.45. The molecule has 2 aromatic rings. The average Bonchev–Trinajstić information content (AvgIpc) is 2.80. The maximum atomic E-state index is 12.9. The molecule has 0 bridgehead atoms. The van der Waals surface area contributed by atoms with Crippen molar-refractivity contribution in [2.75, 3.05) is 5.32 Å². The Morgan fingerprint density at radius 2 is 2.00 bits per heavy atom. The smallest absolute Gasteiger partial charge is 0.188 e. The van der Waals surface area contributed by atoms with Crippen LogP contribution in [0.15, 0.2) is 40.7 Å². The van der Waals surface area contributed by atoms with E-state index in [4.69, 9.17) is 11.6 Å². The second kappa shape index (κ2) is 3.82. The Bertz CT molecular complexity index is 578. The number of nitrogens with one attached hydrogen (secondary N) is 1. The molecule has 1 atom stereocenters. The summed E-state index contributed by atoms with van der Waals surface area (Å²) in [5.41, 5.74) is 1.66. The Hall–Kier alpha value is -1.39. The van der Waals surface area contributed by atoms with Crippen molar-refractivity contribution >= 4 is 34.3 Å². The van der Waals surface area contributed by atoms with Gasteiger partial charge in [0.1, 0.15) is 10.8 Å². The summed E-state index contributed by atoms with van der Waals surface area (Å²) in [7, 11) is 0. The molecular formula is C12H8ClFN2S. The van der Waals surface area contributed by atoms with Crippen molar-refractivity contribution < 1.29 is 4.39 Å². The van der Waals surface area contributed by atoms with Crippen molar-refractivity contribution in [1.29, 1.82) is 0 Å². The van der Waals surface area contributed by atoms with E-state index < -0.39 is 5.00 Å². The van der Waals surface area contributed by atoms with Gasteiger partial charge in [0, 0.05) is 5.56 Å². The molecule has 1 aliphatic heterocycles. The molecule has 0 saturated carbocycles. The summed E-state index contributed by atoms with van der Waals surface area (Å²) in [5.74, 6) is -0.280. The minimum absolute atomic E-state index is 0.280. The molecular weight excluding hydrogens is 259 g/mol. The van der Waals surface area contributed by atoms with Gasteiger partial charge in [-0.1, -0.05) is 23.7 Å². The van der Waals surface area contributed by atoms with Crippen molar-refractivity contribution in [3.05, 3.63) is 52.7 Å². The molecule has 1 unspecified atom stereocenters. The standard InChI is InChI=1S/C12H8ClFN2S/c13-12(8-1-3-9(14)4-2-8)10-5-6-17-11(10)15-7-16-12/h1-7H,(H,15,16). The molecule has 86 valence electrons. The number of aliphatic imine (C=N–C) groups is 1. The van der Waals surface area contributed by atoms with Gasteiger partial charge < -0.3 is 5.32 Å². The Morgan fingerprint density at radius 1 is 1.24 bits per heavy atom. The maximum Gasteiger partial charge on any atom is 0.188 e. The van der Waals surface area contributed by atoms with E-state index in [-0.39, 0.29) is 5.82 Å². The summed E-state index contributed by atoms with van der Waals surface area (Å²) in [4.78, 5) is 3.34. The molecule has 0 radical (unpaired) electrons. The number of halogens is 2. The van der Waals surface area contributed by atoms with Crippen LogP contribution in [-0.4, -0.2) is 6.34 Å². The summed E-state index contributed by atoms with van der Waals surface area (Å²) in [6.45, 7) is 0. The lowest BCUT2D eigenvalue weighted by Crippen LogP contribution is -2.23. The number of fused-ring (bicyclic) bond motifs is 1. The quantitative estimate of drug-likeness (QED) is 0.616. The number of anilines is 1. The van der Waals surface area contributed by atoms with Crippen LogP contribution in [0, 0.1) is 5.82 Å². The molecule has 1 N–H and O–H groups in total. The van der Waals surface area contributed by atoms with Gasteiger partial charge in [0.05, 0.1) is 6.34 Å². The number of hydrogen-bond donors (Lipinski definition) is 1. The summed E-state index contributed by atoms with van der Waals surface area (Å²) in [6.07, 6.45) is 1.58. The molecule has 2 nitrogen and oxygen atoms in total. The maximum absolute atomic E-state index is 12.9. The van der Waals surface area contributed by atoms with Gasteiger partial charge in [0.2, 0.25) is 0 Å². The van der Waals surface area contributed by atoms with E-state index >= 15 is 0 Å². The zero-order valence-corrected chi connectivity index (χ0v) is 10.2. The van der Waals surface area contributed by atoms with Crippen molar-refractivity contribution in [2.24, 2.45) is 4.99 Å². The fourth-order valence-corrected chi connectivity index (χ4v) is 3.02. The lowest BCUT2D eigenvalue weighted by Gasteiger charge is -2.26. The first-order valence-electron chi connectivity index (χ1n) is 5.03. The average molecular weight is 267 g/mol. The number of rotatable bonds is 1. The van der Waals surface area contributed by atoms with E-state index in [0.717, 1.165) is 16.1 Å². The zero-order chi connectivity index (χ0) is 11.9. The topological polar surface area (TPSA) is 24.4 Å². The monoisotopic (exact) mass is 266 g/mol. The molecule has 1 aromatic heterocycles. The SMILES string of the molecule is Fc1ccc(C2(Cl)N=CNc3sccc32)cc1. The van der Waals surface area contributed by atoms with Crippen molar-refractivity contribution in [3.8, 4) is 0 Å².